The Hall–Kier alpha value is -0.985. The van der Waals surface area contributed by atoms with Crippen molar-refractivity contribution in [2.75, 3.05) is 0 Å². The molecular formula is C11H17BO2. The summed E-state index contributed by atoms with van der Waals surface area (Å²) in [6.45, 7) is 5.97. The van der Waals surface area contributed by atoms with Crippen molar-refractivity contribution in [3.63, 3.8) is 0 Å². The average Bonchev–Trinajstić information content (AvgIpc) is 2.15. The largest absolute Gasteiger partial charge is 0.471 e. The molecule has 0 bridgehead atoms. The molecule has 0 amide bonds. The number of hydrogen-bond acceptors (Lipinski definition) is 2. The van der Waals surface area contributed by atoms with E-state index in [0.717, 1.165) is 6.32 Å². The van der Waals surface area contributed by atoms with Crippen LogP contribution in [-0.2, 0) is 9.53 Å². The normalized spacial score (nSPS) is 17.3. The standard InChI is InChI=1S/C11H17BO2/c1-9(2)11(14-10(3)13)12-7-5-4-6-8-12/h4-7,9,11H,8H2,1-3H3. The first-order valence-electron chi connectivity index (χ1n) is 5.12. The Morgan fingerprint density at radius 3 is 2.57 bits per heavy atom. The van der Waals surface area contributed by atoms with Crippen molar-refractivity contribution in [2.45, 2.75) is 33.1 Å². The molecule has 0 saturated heterocycles. The molecule has 1 aliphatic rings. The molecule has 1 heterocycles. The molecule has 0 aromatic carbocycles. The van der Waals surface area contributed by atoms with Crippen LogP contribution in [0.15, 0.2) is 24.2 Å². The number of carbonyl (C=O) groups is 1. The van der Waals surface area contributed by atoms with Crippen molar-refractivity contribution in [2.24, 2.45) is 5.92 Å². The van der Waals surface area contributed by atoms with Crippen LogP contribution in [0.25, 0.3) is 0 Å². The van der Waals surface area contributed by atoms with Gasteiger partial charge in [0.15, 0.2) is 0 Å². The minimum Gasteiger partial charge on any atom is -0.471 e. The lowest BCUT2D eigenvalue weighted by atomic mass is 9.40. The molecule has 14 heavy (non-hydrogen) atoms. The number of esters is 1. The highest BCUT2D eigenvalue weighted by atomic mass is 16.5. The zero-order valence-corrected chi connectivity index (χ0v) is 9.07. The Bertz CT molecular complexity index is 256. The van der Waals surface area contributed by atoms with E-state index in [-0.39, 0.29) is 12.0 Å². The van der Waals surface area contributed by atoms with Crippen molar-refractivity contribution < 1.29 is 9.53 Å². The van der Waals surface area contributed by atoms with Crippen LogP contribution in [-0.4, -0.2) is 18.7 Å². The zero-order valence-electron chi connectivity index (χ0n) is 9.07. The molecule has 0 spiro atoms. The van der Waals surface area contributed by atoms with Crippen LogP contribution in [0.4, 0.5) is 0 Å². The first-order valence-corrected chi connectivity index (χ1v) is 5.12. The molecule has 3 heteroatoms. The zero-order chi connectivity index (χ0) is 10.6. The van der Waals surface area contributed by atoms with Gasteiger partial charge in [-0.15, -0.1) is 5.98 Å². The van der Waals surface area contributed by atoms with E-state index in [1.165, 1.54) is 6.92 Å². The molecular weight excluding hydrogens is 175 g/mol. The highest BCUT2D eigenvalue weighted by Crippen LogP contribution is 2.17. The smallest absolute Gasteiger partial charge is 0.302 e. The minimum absolute atomic E-state index is 0.00806. The van der Waals surface area contributed by atoms with Gasteiger partial charge in [0, 0.05) is 6.92 Å². The van der Waals surface area contributed by atoms with Gasteiger partial charge in [-0.05, 0) is 12.2 Å². The lowest BCUT2D eigenvalue weighted by molar-refractivity contribution is -0.144. The van der Waals surface area contributed by atoms with Crippen LogP contribution in [0, 0.1) is 5.92 Å². The molecule has 1 rings (SSSR count). The van der Waals surface area contributed by atoms with Crippen molar-refractivity contribution in [1.29, 1.82) is 0 Å². The molecule has 0 fully saturated rings. The highest BCUT2D eigenvalue weighted by Gasteiger charge is 2.28. The average molecular weight is 192 g/mol. The molecule has 0 aromatic heterocycles. The molecule has 0 radical (unpaired) electrons. The topological polar surface area (TPSA) is 26.3 Å². The molecule has 2 nitrogen and oxygen atoms in total. The van der Waals surface area contributed by atoms with E-state index in [2.05, 4.69) is 25.9 Å². The summed E-state index contributed by atoms with van der Waals surface area (Å²) in [6, 6.07) is 0.00806. The van der Waals surface area contributed by atoms with Crippen molar-refractivity contribution >= 4 is 12.7 Å². The lowest BCUT2D eigenvalue weighted by Crippen LogP contribution is -2.38. The van der Waals surface area contributed by atoms with Gasteiger partial charge >= 0.3 is 5.97 Å². The highest BCUT2D eigenvalue weighted by molar-refractivity contribution is 6.66. The summed E-state index contributed by atoms with van der Waals surface area (Å²) in [6.07, 6.45) is 7.13. The van der Waals surface area contributed by atoms with E-state index >= 15 is 0 Å². The van der Waals surface area contributed by atoms with E-state index in [1.54, 1.807) is 0 Å². The maximum absolute atomic E-state index is 10.9. The van der Waals surface area contributed by atoms with Gasteiger partial charge in [-0.25, -0.2) is 0 Å². The van der Waals surface area contributed by atoms with Crippen molar-refractivity contribution in [1.82, 2.24) is 0 Å². The summed E-state index contributed by atoms with van der Waals surface area (Å²) in [5.74, 6) is 2.29. The predicted molar refractivity (Wildman–Crippen MR) is 59.2 cm³/mol. The second kappa shape index (κ2) is 5.04. The van der Waals surface area contributed by atoms with E-state index in [4.69, 9.17) is 4.74 Å². The van der Waals surface area contributed by atoms with E-state index in [1.807, 2.05) is 12.2 Å². The SMILES string of the molecule is CC(=O)OC(B1C=CC=CC1)C(C)C. The summed E-state index contributed by atoms with van der Waals surface area (Å²) in [5, 5.41) is 0. The second-order valence-corrected chi connectivity index (χ2v) is 4.03. The molecule has 0 aromatic rings. The molecule has 1 aliphatic heterocycles. The lowest BCUT2D eigenvalue weighted by Gasteiger charge is -2.25. The van der Waals surface area contributed by atoms with Crippen molar-refractivity contribution in [3.05, 3.63) is 24.2 Å². The summed E-state index contributed by atoms with van der Waals surface area (Å²) >= 11 is 0. The van der Waals surface area contributed by atoms with E-state index in [0.29, 0.717) is 12.6 Å². The Morgan fingerprint density at radius 2 is 2.14 bits per heavy atom. The summed E-state index contributed by atoms with van der Waals surface area (Å²) in [5.41, 5.74) is 0. The fourth-order valence-electron chi connectivity index (χ4n) is 1.75. The van der Waals surface area contributed by atoms with Gasteiger partial charge in [-0.1, -0.05) is 32.1 Å². The third-order valence-corrected chi connectivity index (χ3v) is 2.39. The molecule has 76 valence electrons. The number of ether oxygens (including phenoxy) is 1. The Morgan fingerprint density at radius 1 is 1.43 bits per heavy atom. The first-order chi connectivity index (χ1) is 6.61. The van der Waals surface area contributed by atoms with Crippen LogP contribution in [0.5, 0.6) is 0 Å². The van der Waals surface area contributed by atoms with Gasteiger partial charge in [-0.2, -0.15) is 0 Å². The molecule has 0 aliphatic carbocycles. The number of rotatable bonds is 3. The van der Waals surface area contributed by atoms with Gasteiger partial charge in [0.1, 0.15) is 0 Å². The fourth-order valence-corrected chi connectivity index (χ4v) is 1.75. The van der Waals surface area contributed by atoms with Gasteiger partial charge in [0.25, 0.3) is 0 Å². The molecule has 1 unspecified atom stereocenters. The van der Waals surface area contributed by atoms with Crippen LogP contribution in [0.1, 0.15) is 20.8 Å². The number of hydrogen-bond donors (Lipinski definition) is 0. The number of carbonyl (C=O) groups excluding carboxylic acids is 1. The van der Waals surface area contributed by atoms with E-state index < -0.39 is 0 Å². The van der Waals surface area contributed by atoms with E-state index in [9.17, 15) is 4.79 Å². The minimum atomic E-state index is -0.188. The van der Waals surface area contributed by atoms with Crippen LogP contribution < -0.4 is 0 Å². The third-order valence-electron chi connectivity index (χ3n) is 2.39. The van der Waals surface area contributed by atoms with Crippen molar-refractivity contribution in [3.8, 4) is 0 Å². The quantitative estimate of drug-likeness (QED) is 0.506. The summed E-state index contributed by atoms with van der Waals surface area (Å²) in [7, 11) is 0. The second-order valence-electron chi connectivity index (χ2n) is 4.03. The van der Waals surface area contributed by atoms with Gasteiger partial charge in [0.2, 0.25) is 6.71 Å². The van der Waals surface area contributed by atoms with Gasteiger partial charge in [0.05, 0.1) is 6.00 Å². The maximum Gasteiger partial charge on any atom is 0.302 e. The van der Waals surface area contributed by atoms with Crippen LogP contribution in [0.3, 0.4) is 0 Å². The van der Waals surface area contributed by atoms with Crippen LogP contribution >= 0.6 is 0 Å². The third kappa shape index (κ3) is 3.06. The maximum atomic E-state index is 10.9. The fraction of sp³-hybridized carbons (Fsp3) is 0.545. The van der Waals surface area contributed by atoms with Gasteiger partial charge < -0.3 is 4.74 Å². The summed E-state index contributed by atoms with van der Waals surface area (Å²) < 4.78 is 5.33. The Balaban J connectivity index is 2.62. The Kier molecular flexibility index (Phi) is 3.99. The molecule has 0 saturated carbocycles. The first kappa shape index (κ1) is 11.1. The predicted octanol–water partition coefficient (Wildman–Crippen LogP) is 2.27. The van der Waals surface area contributed by atoms with Gasteiger partial charge in [-0.3, -0.25) is 4.79 Å². The molecule has 1 atom stereocenters. The molecule has 0 N–H and O–H groups in total. The Labute approximate surface area is 86.1 Å². The van der Waals surface area contributed by atoms with Crippen LogP contribution in [0.2, 0.25) is 6.32 Å². The number of allylic oxidation sites excluding steroid dienone is 3. The summed E-state index contributed by atoms with van der Waals surface area (Å²) in [4.78, 5) is 10.9. The monoisotopic (exact) mass is 192 g/mol.